The molecule has 1 fully saturated rings. The Bertz CT molecular complexity index is 408. The Balaban J connectivity index is 2.10. The predicted octanol–water partition coefficient (Wildman–Crippen LogP) is 3.17. The average molecular weight is 303 g/mol. The largest absolute Gasteiger partial charge is 0.356 e. The first-order valence-corrected chi connectivity index (χ1v) is 6.55. The molecule has 1 aromatic rings. The van der Waals surface area contributed by atoms with Crippen LogP contribution in [0.1, 0.15) is 18.4 Å². The van der Waals surface area contributed by atoms with E-state index in [1.54, 1.807) is 0 Å². The van der Waals surface area contributed by atoms with Crippen LogP contribution in [0.3, 0.4) is 0 Å². The van der Waals surface area contributed by atoms with Crippen LogP contribution in [0.2, 0.25) is 5.02 Å². The molecule has 0 aliphatic carbocycles. The van der Waals surface area contributed by atoms with Crippen molar-refractivity contribution in [2.45, 2.75) is 19.3 Å². The van der Waals surface area contributed by atoms with Gasteiger partial charge in [0.05, 0.1) is 0 Å². The van der Waals surface area contributed by atoms with Crippen LogP contribution >= 0.6 is 27.5 Å². The minimum Gasteiger partial charge on any atom is -0.356 e. The van der Waals surface area contributed by atoms with Gasteiger partial charge in [0.2, 0.25) is 5.91 Å². The number of amides is 1. The fourth-order valence-corrected chi connectivity index (χ4v) is 2.73. The highest BCUT2D eigenvalue weighted by Gasteiger charge is 2.22. The van der Waals surface area contributed by atoms with Gasteiger partial charge in [-0.15, -0.1) is 0 Å². The van der Waals surface area contributed by atoms with Crippen molar-refractivity contribution in [3.63, 3.8) is 0 Å². The van der Waals surface area contributed by atoms with Crippen molar-refractivity contribution in [1.29, 1.82) is 0 Å². The monoisotopic (exact) mass is 301 g/mol. The second-order valence-electron chi connectivity index (χ2n) is 4.07. The Kier molecular flexibility index (Phi) is 3.87. The first-order valence-electron chi connectivity index (χ1n) is 5.38. The van der Waals surface area contributed by atoms with E-state index in [1.807, 2.05) is 18.2 Å². The summed E-state index contributed by atoms with van der Waals surface area (Å²) in [6.45, 7) is 0.809. The third-order valence-corrected chi connectivity index (χ3v) is 3.73. The summed E-state index contributed by atoms with van der Waals surface area (Å²) in [5.41, 5.74) is 1.05. The summed E-state index contributed by atoms with van der Waals surface area (Å²) in [7, 11) is 0. The zero-order valence-corrected chi connectivity index (χ0v) is 11.1. The fourth-order valence-electron chi connectivity index (χ4n) is 1.98. The van der Waals surface area contributed by atoms with Gasteiger partial charge in [0.25, 0.3) is 0 Å². The number of benzene rings is 1. The molecule has 0 saturated carbocycles. The van der Waals surface area contributed by atoms with Crippen molar-refractivity contribution in [3.05, 3.63) is 33.3 Å². The van der Waals surface area contributed by atoms with Crippen molar-refractivity contribution < 1.29 is 4.79 Å². The van der Waals surface area contributed by atoms with Crippen molar-refractivity contribution in [1.82, 2.24) is 5.32 Å². The zero-order chi connectivity index (χ0) is 11.5. The van der Waals surface area contributed by atoms with Gasteiger partial charge in [-0.25, -0.2) is 0 Å². The highest BCUT2D eigenvalue weighted by atomic mass is 79.9. The van der Waals surface area contributed by atoms with Crippen molar-refractivity contribution in [2.75, 3.05) is 6.54 Å². The Morgan fingerprint density at radius 1 is 1.50 bits per heavy atom. The number of carbonyl (C=O) groups is 1. The topological polar surface area (TPSA) is 29.1 Å². The molecule has 2 rings (SSSR count). The van der Waals surface area contributed by atoms with E-state index in [2.05, 4.69) is 21.2 Å². The molecule has 1 heterocycles. The van der Waals surface area contributed by atoms with Crippen LogP contribution in [0.5, 0.6) is 0 Å². The van der Waals surface area contributed by atoms with Gasteiger partial charge in [0, 0.05) is 22.0 Å². The molecule has 1 N–H and O–H groups in total. The molecule has 1 aliphatic rings. The number of nitrogens with one attached hydrogen (secondary N) is 1. The van der Waals surface area contributed by atoms with Gasteiger partial charge in [-0.3, -0.25) is 4.79 Å². The van der Waals surface area contributed by atoms with Gasteiger partial charge in [-0.1, -0.05) is 33.6 Å². The summed E-state index contributed by atoms with van der Waals surface area (Å²) in [6, 6.07) is 5.81. The maximum Gasteiger partial charge on any atom is 0.223 e. The molecule has 1 amide bonds. The minimum absolute atomic E-state index is 0.0763. The molecule has 16 heavy (non-hydrogen) atoms. The molecule has 1 saturated heterocycles. The Morgan fingerprint density at radius 2 is 2.31 bits per heavy atom. The molecular formula is C12H13BrClNO. The molecule has 4 heteroatoms. The van der Waals surface area contributed by atoms with Gasteiger partial charge in [0.1, 0.15) is 0 Å². The maximum atomic E-state index is 11.6. The number of hydrogen-bond donors (Lipinski definition) is 1. The number of carbonyl (C=O) groups excluding carboxylic acids is 1. The van der Waals surface area contributed by atoms with Crippen LogP contribution in [0.4, 0.5) is 0 Å². The first-order chi connectivity index (χ1) is 7.66. The number of hydrogen-bond acceptors (Lipinski definition) is 1. The molecule has 86 valence electrons. The molecular weight excluding hydrogens is 289 g/mol. The quantitative estimate of drug-likeness (QED) is 0.893. The lowest BCUT2D eigenvalue weighted by Gasteiger charge is -2.22. The summed E-state index contributed by atoms with van der Waals surface area (Å²) < 4.78 is 0.967. The number of rotatable bonds is 2. The molecule has 2 nitrogen and oxygen atoms in total. The van der Waals surface area contributed by atoms with Crippen LogP contribution in [0.25, 0.3) is 0 Å². The fraction of sp³-hybridized carbons (Fsp3) is 0.417. The van der Waals surface area contributed by atoms with Crippen molar-refractivity contribution in [3.8, 4) is 0 Å². The second kappa shape index (κ2) is 5.19. The van der Waals surface area contributed by atoms with E-state index in [0.29, 0.717) is 0 Å². The highest BCUT2D eigenvalue weighted by molar-refractivity contribution is 9.10. The van der Waals surface area contributed by atoms with Crippen LogP contribution in [-0.4, -0.2) is 12.5 Å². The van der Waals surface area contributed by atoms with Gasteiger partial charge in [0.15, 0.2) is 0 Å². The third kappa shape index (κ3) is 2.77. The van der Waals surface area contributed by atoms with Gasteiger partial charge < -0.3 is 5.32 Å². The first kappa shape index (κ1) is 11.9. The van der Waals surface area contributed by atoms with Crippen molar-refractivity contribution in [2.24, 2.45) is 5.92 Å². The second-order valence-corrected chi connectivity index (χ2v) is 5.39. The van der Waals surface area contributed by atoms with E-state index in [9.17, 15) is 4.79 Å². The molecule has 0 bridgehead atoms. The Morgan fingerprint density at radius 3 is 3.00 bits per heavy atom. The summed E-state index contributed by atoms with van der Waals surface area (Å²) in [5.74, 6) is 0.234. The van der Waals surface area contributed by atoms with Crippen molar-refractivity contribution >= 4 is 33.4 Å². The van der Waals surface area contributed by atoms with Crippen LogP contribution in [0.15, 0.2) is 22.7 Å². The molecule has 1 unspecified atom stereocenters. The van der Waals surface area contributed by atoms with E-state index in [0.717, 1.165) is 40.9 Å². The summed E-state index contributed by atoms with van der Waals surface area (Å²) >= 11 is 9.50. The molecule has 1 atom stereocenters. The molecule has 1 aromatic carbocycles. The minimum atomic E-state index is 0.0763. The van der Waals surface area contributed by atoms with E-state index < -0.39 is 0 Å². The van der Waals surface area contributed by atoms with Gasteiger partial charge >= 0.3 is 0 Å². The maximum absolute atomic E-state index is 11.6. The lowest BCUT2D eigenvalue weighted by Crippen LogP contribution is -2.37. The van der Waals surface area contributed by atoms with E-state index in [-0.39, 0.29) is 11.8 Å². The molecule has 0 radical (unpaired) electrons. The van der Waals surface area contributed by atoms with Crippen LogP contribution in [0, 0.1) is 5.92 Å². The number of piperidine rings is 1. The standard InChI is InChI=1S/C12H13BrClNO/c13-10-4-3-8(11(14)7-10)6-9-2-1-5-15-12(9)16/h3-4,7,9H,1-2,5-6H2,(H,15,16). The lowest BCUT2D eigenvalue weighted by molar-refractivity contribution is -0.126. The average Bonchev–Trinajstić information content (AvgIpc) is 2.25. The Labute approximate surface area is 108 Å². The molecule has 0 spiro atoms. The molecule has 0 aromatic heterocycles. The third-order valence-electron chi connectivity index (χ3n) is 2.88. The highest BCUT2D eigenvalue weighted by Crippen LogP contribution is 2.25. The van der Waals surface area contributed by atoms with Gasteiger partial charge in [-0.05, 0) is 37.0 Å². The van der Waals surface area contributed by atoms with Crippen LogP contribution < -0.4 is 5.32 Å². The van der Waals surface area contributed by atoms with Gasteiger partial charge in [-0.2, -0.15) is 0 Å². The predicted molar refractivity (Wildman–Crippen MR) is 68.6 cm³/mol. The normalized spacial score (nSPS) is 20.6. The summed E-state index contributed by atoms with van der Waals surface area (Å²) in [6.07, 6.45) is 2.75. The summed E-state index contributed by atoms with van der Waals surface area (Å²) in [4.78, 5) is 11.6. The lowest BCUT2D eigenvalue weighted by atomic mass is 9.91. The smallest absolute Gasteiger partial charge is 0.223 e. The SMILES string of the molecule is O=C1NCCCC1Cc1ccc(Br)cc1Cl. The Hall–Kier alpha value is -0.540. The van der Waals surface area contributed by atoms with Crippen LogP contribution in [-0.2, 0) is 11.2 Å². The summed E-state index contributed by atoms with van der Waals surface area (Å²) in [5, 5.41) is 3.62. The van der Waals surface area contributed by atoms with E-state index in [1.165, 1.54) is 0 Å². The zero-order valence-electron chi connectivity index (χ0n) is 8.80. The number of halogens is 2. The van der Waals surface area contributed by atoms with E-state index >= 15 is 0 Å². The van der Waals surface area contributed by atoms with E-state index in [4.69, 9.17) is 11.6 Å². The molecule has 1 aliphatic heterocycles.